The second-order valence-electron chi connectivity index (χ2n) is 5.49. The molecular formula is C16H17N3O3S. The van der Waals surface area contributed by atoms with E-state index in [4.69, 9.17) is 5.73 Å². The van der Waals surface area contributed by atoms with E-state index in [2.05, 4.69) is 4.98 Å². The number of carbonyl (C=O) groups is 1. The van der Waals surface area contributed by atoms with Crippen molar-refractivity contribution in [3.8, 4) is 0 Å². The Morgan fingerprint density at radius 1 is 1.17 bits per heavy atom. The molecule has 0 unspecified atom stereocenters. The van der Waals surface area contributed by atoms with Gasteiger partial charge >= 0.3 is 0 Å². The second kappa shape index (κ2) is 6.10. The molecule has 2 aromatic rings. The van der Waals surface area contributed by atoms with Gasteiger partial charge in [-0.1, -0.05) is 6.07 Å². The zero-order chi connectivity index (χ0) is 16.4. The molecule has 120 valence electrons. The van der Waals surface area contributed by atoms with Gasteiger partial charge in [-0.15, -0.1) is 0 Å². The van der Waals surface area contributed by atoms with Gasteiger partial charge in [0, 0.05) is 17.8 Å². The maximum atomic E-state index is 12.9. The van der Waals surface area contributed by atoms with E-state index in [1.165, 1.54) is 28.6 Å². The summed E-state index contributed by atoms with van der Waals surface area (Å²) in [5.41, 5.74) is 6.18. The van der Waals surface area contributed by atoms with Gasteiger partial charge in [0.2, 0.25) is 15.9 Å². The number of hydrogen-bond acceptors (Lipinski definition) is 4. The molecule has 23 heavy (non-hydrogen) atoms. The van der Waals surface area contributed by atoms with Crippen molar-refractivity contribution in [1.29, 1.82) is 0 Å². The van der Waals surface area contributed by atoms with E-state index in [1.54, 1.807) is 18.3 Å². The molecule has 0 saturated heterocycles. The summed E-state index contributed by atoms with van der Waals surface area (Å²) in [6.07, 6.45) is 3.35. The molecule has 0 bridgehead atoms. The fourth-order valence-corrected chi connectivity index (χ4v) is 4.01. The molecule has 0 radical (unpaired) electrons. The molecule has 7 heteroatoms. The molecule has 1 aromatic carbocycles. The van der Waals surface area contributed by atoms with E-state index in [0.717, 1.165) is 12.8 Å². The highest BCUT2D eigenvalue weighted by molar-refractivity contribution is 7.89. The highest BCUT2D eigenvalue weighted by Crippen LogP contribution is 2.33. The van der Waals surface area contributed by atoms with Crippen molar-refractivity contribution in [2.24, 2.45) is 5.73 Å². The Bertz CT molecular complexity index is 800. The third-order valence-corrected chi connectivity index (χ3v) is 5.66. The average molecular weight is 331 g/mol. The van der Waals surface area contributed by atoms with E-state index in [0.29, 0.717) is 5.69 Å². The molecule has 1 aliphatic rings. The minimum absolute atomic E-state index is 0.0119. The number of primary amides is 1. The van der Waals surface area contributed by atoms with Crippen LogP contribution < -0.4 is 5.73 Å². The number of benzene rings is 1. The predicted octanol–water partition coefficient (Wildman–Crippen LogP) is 1.53. The van der Waals surface area contributed by atoms with Crippen LogP contribution in [0.15, 0.2) is 53.6 Å². The molecule has 1 aromatic heterocycles. The van der Waals surface area contributed by atoms with E-state index in [1.807, 2.05) is 6.07 Å². The summed E-state index contributed by atoms with van der Waals surface area (Å²) in [6.45, 7) is 0.241. The Morgan fingerprint density at radius 3 is 2.39 bits per heavy atom. The minimum atomic E-state index is -3.64. The Morgan fingerprint density at radius 2 is 1.87 bits per heavy atom. The summed E-state index contributed by atoms with van der Waals surface area (Å²) in [5.74, 6) is -0.582. The van der Waals surface area contributed by atoms with Gasteiger partial charge in [-0.3, -0.25) is 9.78 Å². The van der Waals surface area contributed by atoms with Gasteiger partial charge in [0.25, 0.3) is 0 Å². The zero-order valence-electron chi connectivity index (χ0n) is 12.4. The van der Waals surface area contributed by atoms with Crippen molar-refractivity contribution in [2.45, 2.75) is 30.3 Å². The number of sulfonamides is 1. The molecule has 1 heterocycles. The summed E-state index contributed by atoms with van der Waals surface area (Å²) < 4.78 is 27.2. The lowest BCUT2D eigenvalue weighted by atomic mass is 10.2. The first kappa shape index (κ1) is 15.6. The van der Waals surface area contributed by atoms with Crippen LogP contribution in [0.2, 0.25) is 0 Å². The number of pyridine rings is 1. The van der Waals surface area contributed by atoms with Crippen molar-refractivity contribution in [3.05, 3.63) is 59.9 Å². The molecule has 1 saturated carbocycles. The SMILES string of the molecule is NC(=O)c1ccc(S(=O)(=O)N(Cc2ccccn2)C2CC2)cc1. The molecule has 0 spiro atoms. The largest absolute Gasteiger partial charge is 0.366 e. The molecule has 3 rings (SSSR count). The topological polar surface area (TPSA) is 93.4 Å². The number of hydrogen-bond donors (Lipinski definition) is 1. The third kappa shape index (κ3) is 3.40. The zero-order valence-corrected chi connectivity index (χ0v) is 13.2. The number of amides is 1. The molecule has 1 aliphatic carbocycles. The van der Waals surface area contributed by atoms with Crippen LogP contribution in [0.5, 0.6) is 0 Å². The Kier molecular flexibility index (Phi) is 4.14. The first-order valence-electron chi connectivity index (χ1n) is 7.30. The van der Waals surface area contributed by atoms with Crippen molar-refractivity contribution in [2.75, 3.05) is 0 Å². The number of rotatable bonds is 6. The highest BCUT2D eigenvalue weighted by atomic mass is 32.2. The summed E-state index contributed by atoms with van der Waals surface area (Å²) >= 11 is 0. The summed E-state index contributed by atoms with van der Waals surface area (Å²) in [6, 6.07) is 11.2. The fraction of sp³-hybridized carbons (Fsp3) is 0.250. The molecule has 6 nitrogen and oxygen atoms in total. The Hall–Kier alpha value is -2.25. The number of nitrogens with zero attached hydrogens (tertiary/aromatic N) is 2. The van der Waals surface area contributed by atoms with E-state index >= 15 is 0 Å². The van der Waals surface area contributed by atoms with Crippen LogP contribution in [0.4, 0.5) is 0 Å². The quantitative estimate of drug-likeness (QED) is 0.868. The van der Waals surface area contributed by atoms with Crippen LogP contribution in [0.3, 0.4) is 0 Å². The van der Waals surface area contributed by atoms with Crippen LogP contribution in [0, 0.1) is 0 Å². The average Bonchev–Trinajstić information content (AvgIpc) is 3.38. The van der Waals surface area contributed by atoms with Gasteiger partial charge in [-0.05, 0) is 49.2 Å². The predicted molar refractivity (Wildman–Crippen MR) is 84.9 cm³/mol. The van der Waals surface area contributed by atoms with Crippen LogP contribution in [0.25, 0.3) is 0 Å². The van der Waals surface area contributed by atoms with Gasteiger partial charge in [-0.25, -0.2) is 8.42 Å². The number of nitrogens with two attached hydrogens (primary N) is 1. The van der Waals surface area contributed by atoms with Crippen LogP contribution in [0.1, 0.15) is 28.9 Å². The lowest BCUT2D eigenvalue weighted by Crippen LogP contribution is -2.33. The normalized spacial score (nSPS) is 14.8. The second-order valence-corrected chi connectivity index (χ2v) is 7.38. The lowest BCUT2D eigenvalue weighted by Gasteiger charge is -2.21. The number of carbonyl (C=O) groups excluding carboxylic acids is 1. The standard InChI is InChI=1S/C16H17N3O3S/c17-16(20)12-4-8-15(9-5-12)23(21,22)19(14-6-7-14)11-13-3-1-2-10-18-13/h1-5,8-10,14H,6-7,11H2,(H2,17,20). The van der Waals surface area contributed by atoms with Gasteiger partial charge in [0.1, 0.15) is 0 Å². The van der Waals surface area contributed by atoms with Crippen molar-refractivity contribution < 1.29 is 13.2 Å². The maximum absolute atomic E-state index is 12.9. The summed E-state index contributed by atoms with van der Waals surface area (Å²) in [4.78, 5) is 15.5. The first-order chi connectivity index (χ1) is 11.0. The highest BCUT2D eigenvalue weighted by Gasteiger charge is 2.38. The minimum Gasteiger partial charge on any atom is -0.366 e. The third-order valence-electron chi connectivity index (χ3n) is 3.74. The van der Waals surface area contributed by atoms with Gasteiger partial charge in [-0.2, -0.15) is 4.31 Å². The monoisotopic (exact) mass is 331 g/mol. The summed E-state index contributed by atoms with van der Waals surface area (Å²) in [5, 5.41) is 0. The van der Waals surface area contributed by atoms with E-state index in [9.17, 15) is 13.2 Å². The van der Waals surface area contributed by atoms with Crippen molar-refractivity contribution >= 4 is 15.9 Å². The van der Waals surface area contributed by atoms with Crippen LogP contribution in [-0.4, -0.2) is 29.7 Å². The maximum Gasteiger partial charge on any atom is 0.248 e. The molecule has 0 atom stereocenters. The van der Waals surface area contributed by atoms with E-state index in [-0.39, 0.29) is 23.0 Å². The van der Waals surface area contributed by atoms with Gasteiger partial charge in [0.05, 0.1) is 17.1 Å². The molecule has 0 aliphatic heterocycles. The Balaban J connectivity index is 1.90. The molecule has 1 amide bonds. The lowest BCUT2D eigenvalue weighted by molar-refractivity contribution is 0.1000. The molecule has 1 fully saturated rings. The molecule has 2 N–H and O–H groups in total. The van der Waals surface area contributed by atoms with E-state index < -0.39 is 15.9 Å². The Labute approximate surface area is 135 Å². The van der Waals surface area contributed by atoms with Crippen LogP contribution >= 0.6 is 0 Å². The number of aromatic nitrogens is 1. The molecular weight excluding hydrogens is 314 g/mol. The van der Waals surface area contributed by atoms with Crippen LogP contribution in [-0.2, 0) is 16.6 Å². The smallest absolute Gasteiger partial charge is 0.248 e. The van der Waals surface area contributed by atoms with Gasteiger partial charge in [0.15, 0.2) is 0 Å². The van der Waals surface area contributed by atoms with Crippen molar-refractivity contribution in [1.82, 2.24) is 9.29 Å². The summed E-state index contributed by atoms with van der Waals surface area (Å²) in [7, 11) is -3.64. The van der Waals surface area contributed by atoms with Gasteiger partial charge < -0.3 is 5.73 Å². The van der Waals surface area contributed by atoms with Crippen molar-refractivity contribution in [3.63, 3.8) is 0 Å². The first-order valence-corrected chi connectivity index (χ1v) is 8.74. The fourth-order valence-electron chi connectivity index (χ4n) is 2.35.